The molecule has 0 fully saturated rings. The fourth-order valence-electron chi connectivity index (χ4n) is 2.46. The maximum absolute atomic E-state index is 12.5. The molecule has 0 aliphatic carbocycles. The summed E-state index contributed by atoms with van der Waals surface area (Å²) in [6.45, 7) is 5.17. The van der Waals surface area contributed by atoms with Crippen molar-refractivity contribution in [1.29, 1.82) is 0 Å². The van der Waals surface area contributed by atoms with E-state index in [2.05, 4.69) is 4.98 Å². The summed E-state index contributed by atoms with van der Waals surface area (Å²) in [5.41, 5.74) is -0.501. The largest absolute Gasteiger partial charge is 0.514 e. The maximum Gasteiger partial charge on any atom is 0.514 e. The number of carbonyl (C=O) groups excluding carboxylic acids is 1. The first-order valence-corrected chi connectivity index (χ1v) is 9.80. The van der Waals surface area contributed by atoms with Gasteiger partial charge in [-0.05, 0) is 50.6 Å². The number of nitrogens with zero attached hydrogens (tertiary/aromatic N) is 1. The standard InChI is InChI=1S/C20H19NO6S/c1-20(2,3)27-19(23)25-14-7-8-15-13(10-18(22)26-16(15)11-14)12-28(24)17-6-4-5-9-21-17/h4-11H,12H2,1-3H3. The Balaban J connectivity index is 1.88. The second kappa shape index (κ2) is 7.93. The highest BCUT2D eigenvalue weighted by molar-refractivity contribution is 7.84. The van der Waals surface area contributed by atoms with Crippen LogP contribution in [0.25, 0.3) is 11.0 Å². The van der Waals surface area contributed by atoms with E-state index in [9.17, 15) is 13.8 Å². The van der Waals surface area contributed by atoms with Crippen LogP contribution in [0.5, 0.6) is 5.75 Å². The minimum Gasteiger partial charge on any atom is -0.428 e. The Morgan fingerprint density at radius 2 is 1.96 bits per heavy atom. The molecule has 0 aliphatic heterocycles. The maximum atomic E-state index is 12.5. The van der Waals surface area contributed by atoms with E-state index in [1.807, 2.05) is 0 Å². The molecule has 2 aromatic heterocycles. The van der Waals surface area contributed by atoms with Crippen LogP contribution in [0.4, 0.5) is 4.79 Å². The number of fused-ring (bicyclic) bond motifs is 1. The minimum atomic E-state index is -1.42. The van der Waals surface area contributed by atoms with Gasteiger partial charge in [0.05, 0.1) is 16.6 Å². The van der Waals surface area contributed by atoms with Crippen LogP contribution in [0.15, 0.2) is 62.9 Å². The fourth-order valence-corrected chi connectivity index (χ4v) is 3.54. The third-order valence-electron chi connectivity index (χ3n) is 3.55. The number of rotatable bonds is 4. The van der Waals surface area contributed by atoms with Crippen molar-refractivity contribution in [3.63, 3.8) is 0 Å². The third-order valence-corrected chi connectivity index (χ3v) is 4.83. The molecule has 0 saturated carbocycles. The molecule has 3 rings (SSSR count). The zero-order valence-electron chi connectivity index (χ0n) is 15.6. The summed E-state index contributed by atoms with van der Waals surface area (Å²) in [4.78, 5) is 27.8. The number of hydrogen-bond acceptors (Lipinski definition) is 7. The first-order valence-electron chi connectivity index (χ1n) is 8.48. The number of ether oxygens (including phenoxy) is 2. The van der Waals surface area contributed by atoms with Crippen LogP contribution in [0.3, 0.4) is 0 Å². The SMILES string of the molecule is CC(C)(C)OC(=O)Oc1ccc2c(CS(=O)c3ccccn3)cc(=O)oc2c1. The molecule has 0 bridgehead atoms. The van der Waals surface area contributed by atoms with E-state index in [0.29, 0.717) is 16.0 Å². The zero-order valence-corrected chi connectivity index (χ0v) is 16.4. The predicted octanol–water partition coefficient (Wildman–Crippen LogP) is 3.81. The molecule has 3 aromatic rings. The van der Waals surface area contributed by atoms with Gasteiger partial charge in [0.1, 0.15) is 22.0 Å². The van der Waals surface area contributed by atoms with Gasteiger partial charge < -0.3 is 13.9 Å². The smallest absolute Gasteiger partial charge is 0.428 e. The number of carbonyl (C=O) groups is 1. The monoisotopic (exact) mass is 401 g/mol. The van der Waals surface area contributed by atoms with Crippen molar-refractivity contribution < 1.29 is 22.9 Å². The summed E-state index contributed by atoms with van der Waals surface area (Å²) in [6.07, 6.45) is 0.701. The number of pyridine rings is 1. The van der Waals surface area contributed by atoms with Gasteiger partial charge in [-0.25, -0.2) is 14.6 Å². The topological polar surface area (TPSA) is 95.7 Å². The van der Waals surface area contributed by atoms with Crippen molar-refractivity contribution in [2.45, 2.75) is 37.2 Å². The van der Waals surface area contributed by atoms with Crippen molar-refractivity contribution in [3.05, 3.63) is 64.6 Å². The lowest BCUT2D eigenvalue weighted by atomic mass is 10.1. The molecule has 1 unspecified atom stereocenters. The van der Waals surface area contributed by atoms with Crippen molar-refractivity contribution in [3.8, 4) is 5.75 Å². The lowest BCUT2D eigenvalue weighted by Crippen LogP contribution is -2.25. The Hall–Kier alpha value is -3.00. The van der Waals surface area contributed by atoms with Crippen molar-refractivity contribution in [2.75, 3.05) is 0 Å². The summed E-state index contributed by atoms with van der Waals surface area (Å²) in [5, 5.41) is 1.02. The molecular weight excluding hydrogens is 382 g/mol. The molecule has 1 aromatic carbocycles. The van der Waals surface area contributed by atoms with Crippen LogP contribution in [-0.4, -0.2) is 20.9 Å². The third kappa shape index (κ3) is 5.04. The van der Waals surface area contributed by atoms with Crippen LogP contribution in [0.2, 0.25) is 0 Å². The molecule has 8 heteroatoms. The van der Waals surface area contributed by atoms with E-state index in [1.54, 1.807) is 57.3 Å². The normalized spacial score (nSPS) is 12.5. The highest BCUT2D eigenvalue weighted by Gasteiger charge is 2.19. The molecule has 0 aliphatic rings. The Morgan fingerprint density at radius 1 is 1.18 bits per heavy atom. The van der Waals surface area contributed by atoms with Gasteiger partial charge in [-0.3, -0.25) is 4.21 Å². The molecule has 1 atom stereocenters. The van der Waals surface area contributed by atoms with Crippen LogP contribution in [0, 0.1) is 0 Å². The molecule has 7 nitrogen and oxygen atoms in total. The predicted molar refractivity (Wildman–Crippen MR) is 104 cm³/mol. The van der Waals surface area contributed by atoms with Gasteiger partial charge in [-0.1, -0.05) is 6.07 Å². The average Bonchev–Trinajstić information content (AvgIpc) is 2.60. The van der Waals surface area contributed by atoms with Gasteiger partial charge in [-0.15, -0.1) is 0 Å². The first kappa shape index (κ1) is 19.8. The van der Waals surface area contributed by atoms with Gasteiger partial charge >= 0.3 is 11.8 Å². The van der Waals surface area contributed by atoms with Crippen molar-refractivity contribution in [1.82, 2.24) is 4.98 Å². The molecule has 0 saturated heterocycles. The Kier molecular flexibility index (Phi) is 5.60. The van der Waals surface area contributed by atoms with Crippen molar-refractivity contribution in [2.24, 2.45) is 0 Å². The quantitative estimate of drug-likeness (QED) is 0.373. The second-order valence-electron chi connectivity index (χ2n) is 6.97. The van der Waals surface area contributed by atoms with Crippen LogP contribution < -0.4 is 10.4 Å². The van der Waals surface area contributed by atoms with E-state index in [0.717, 1.165) is 0 Å². The Labute approximate surface area is 163 Å². The Bertz CT molecular complexity index is 1090. The molecule has 0 spiro atoms. The minimum absolute atomic E-state index is 0.103. The van der Waals surface area contributed by atoms with Gasteiger partial charge in [-0.2, -0.15) is 0 Å². The highest BCUT2D eigenvalue weighted by Crippen LogP contribution is 2.25. The lowest BCUT2D eigenvalue weighted by molar-refractivity contribution is 0.0206. The average molecular weight is 401 g/mol. The molecule has 0 amide bonds. The number of benzene rings is 1. The van der Waals surface area contributed by atoms with Gasteiger partial charge in [0.2, 0.25) is 0 Å². The van der Waals surface area contributed by atoms with Gasteiger partial charge in [0.15, 0.2) is 0 Å². The van der Waals surface area contributed by atoms with Gasteiger partial charge in [0, 0.05) is 23.7 Å². The highest BCUT2D eigenvalue weighted by atomic mass is 32.2. The van der Waals surface area contributed by atoms with E-state index >= 15 is 0 Å². The number of aromatic nitrogens is 1. The summed E-state index contributed by atoms with van der Waals surface area (Å²) in [6, 6.07) is 11.1. The molecule has 146 valence electrons. The summed E-state index contributed by atoms with van der Waals surface area (Å²) in [5.74, 6) is 0.277. The molecule has 2 heterocycles. The molecule has 28 heavy (non-hydrogen) atoms. The lowest BCUT2D eigenvalue weighted by Gasteiger charge is -2.18. The summed E-state index contributed by atoms with van der Waals surface area (Å²) in [7, 11) is -1.42. The molecular formula is C20H19NO6S. The van der Waals surface area contributed by atoms with E-state index in [1.165, 1.54) is 12.1 Å². The Morgan fingerprint density at radius 3 is 2.64 bits per heavy atom. The van der Waals surface area contributed by atoms with Crippen molar-refractivity contribution >= 4 is 27.9 Å². The van der Waals surface area contributed by atoms with E-state index in [4.69, 9.17) is 13.9 Å². The summed E-state index contributed by atoms with van der Waals surface area (Å²) >= 11 is 0. The van der Waals surface area contributed by atoms with Gasteiger partial charge in [0.25, 0.3) is 0 Å². The number of hydrogen-bond donors (Lipinski definition) is 0. The van der Waals surface area contributed by atoms with Crippen LogP contribution in [0.1, 0.15) is 26.3 Å². The van der Waals surface area contributed by atoms with E-state index < -0.39 is 28.2 Å². The molecule has 0 radical (unpaired) electrons. The zero-order chi connectivity index (χ0) is 20.3. The van der Waals surface area contributed by atoms with E-state index in [-0.39, 0.29) is 17.1 Å². The fraction of sp³-hybridized carbons (Fsp3) is 0.250. The van der Waals surface area contributed by atoms with Crippen LogP contribution >= 0.6 is 0 Å². The van der Waals surface area contributed by atoms with Crippen LogP contribution in [-0.2, 0) is 21.3 Å². The molecule has 0 N–H and O–H groups in total. The first-order chi connectivity index (χ1) is 13.2. The summed E-state index contributed by atoms with van der Waals surface area (Å²) < 4.78 is 28.0. The second-order valence-corrected chi connectivity index (χ2v) is 8.37.